The van der Waals surface area contributed by atoms with Crippen LogP contribution in [-0.2, 0) is 4.79 Å². The molecule has 3 nitrogen and oxygen atoms in total. The molecule has 1 N–H and O–H groups in total. The Bertz CT molecular complexity index is 185. The minimum absolute atomic E-state index is 0.0625. The molecule has 1 rings (SSSR count). The van der Waals surface area contributed by atoms with Gasteiger partial charge in [-0.1, -0.05) is 13.5 Å². The fourth-order valence-electron chi connectivity index (χ4n) is 1.24. The van der Waals surface area contributed by atoms with E-state index in [0.717, 1.165) is 19.5 Å². The van der Waals surface area contributed by atoms with Crippen LogP contribution in [0.4, 0.5) is 0 Å². The number of carboxylic acids is 1. The molecule has 0 spiro atoms. The van der Waals surface area contributed by atoms with Gasteiger partial charge in [0.1, 0.15) is 0 Å². The molecule has 1 aliphatic rings. The van der Waals surface area contributed by atoms with Crippen LogP contribution in [0.2, 0.25) is 0 Å². The first-order valence-electron chi connectivity index (χ1n) is 3.83. The second-order valence-corrected chi connectivity index (χ2v) is 2.79. The van der Waals surface area contributed by atoms with Crippen molar-refractivity contribution in [2.24, 2.45) is 0 Å². The van der Waals surface area contributed by atoms with E-state index >= 15 is 0 Å². The fraction of sp³-hybridized carbons (Fsp3) is 0.625. The predicted octanol–water partition coefficient (Wildman–Crippen LogP) is 0.721. The highest BCUT2D eigenvalue weighted by Gasteiger charge is 2.30. The monoisotopic (exact) mass is 155 g/mol. The standard InChI is InChI=1S/C8H13NO2/c1-3-7(9-4-5-9)6(2)8(10)11/h7H,2-5H2,1H3,(H,10,11). The fourth-order valence-corrected chi connectivity index (χ4v) is 1.24. The van der Waals surface area contributed by atoms with Gasteiger partial charge in [-0.05, 0) is 6.42 Å². The molecule has 1 saturated heterocycles. The molecule has 62 valence electrons. The van der Waals surface area contributed by atoms with E-state index in [-0.39, 0.29) is 6.04 Å². The van der Waals surface area contributed by atoms with Gasteiger partial charge in [0, 0.05) is 24.7 Å². The smallest absolute Gasteiger partial charge is 0.332 e. The van der Waals surface area contributed by atoms with Crippen molar-refractivity contribution in [3.05, 3.63) is 12.2 Å². The van der Waals surface area contributed by atoms with Crippen LogP contribution in [0.3, 0.4) is 0 Å². The lowest BCUT2D eigenvalue weighted by Gasteiger charge is -2.14. The third-order valence-corrected chi connectivity index (χ3v) is 1.99. The number of carboxylic acid groups (broad SMARTS) is 1. The van der Waals surface area contributed by atoms with Crippen LogP contribution in [-0.4, -0.2) is 35.1 Å². The van der Waals surface area contributed by atoms with Crippen LogP contribution in [0.25, 0.3) is 0 Å². The predicted molar refractivity (Wildman–Crippen MR) is 42.4 cm³/mol. The van der Waals surface area contributed by atoms with Crippen LogP contribution >= 0.6 is 0 Å². The third-order valence-electron chi connectivity index (χ3n) is 1.99. The Morgan fingerprint density at radius 1 is 1.73 bits per heavy atom. The molecule has 0 saturated carbocycles. The highest BCUT2D eigenvalue weighted by Crippen LogP contribution is 2.19. The summed E-state index contributed by atoms with van der Waals surface area (Å²) >= 11 is 0. The van der Waals surface area contributed by atoms with Crippen molar-refractivity contribution in [1.82, 2.24) is 4.90 Å². The van der Waals surface area contributed by atoms with Gasteiger partial charge in [-0.15, -0.1) is 0 Å². The molecule has 0 aromatic heterocycles. The largest absolute Gasteiger partial charge is 0.478 e. The number of carbonyl (C=O) groups is 1. The molecule has 1 atom stereocenters. The summed E-state index contributed by atoms with van der Waals surface area (Å²) in [5, 5.41) is 8.63. The van der Waals surface area contributed by atoms with Crippen LogP contribution in [0.1, 0.15) is 13.3 Å². The van der Waals surface area contributed by atoms with Gasteiger partial charge in [0.05, 0.1) is 0 Å². The van der Waals surface area contributed by atoms with Crippen molar-refractivity contribution in [3.8, 4) is 0 Å². The van der Waals surface area contributed by atoms with E-state index in [1.54, 1.807) is 0 Å². The first-order valence-corrected chi connectivity index (χ1v) is 3.83. The second-order valence-electron chi connectivity index (χ2n) is 2.79. The topological polar surface area (TPSA) is 40.3 Å². The Kier molecular flexibility index (Phi) is 2.29. The van der Waals surface area contributed by atoms with Gasteiger partial charge in [-0.3, -0.25) is 4.90 Å². The summed E-state index contributed by atoms with van der Waals surface area (Å²) in [5.74, 6) is -0.872. The normalized spacial score (nSPS) is 19.4. The minimum Gasteiger partial charge on any atom is -0.478 e. The Labute approximate surface area is 66.3 Å². The summed E-state index contributed by atoms with van der Waals surface area (Å²) in [5.41, 5.74) is 0.324. The van der Waals surface area contributed by atoms with Crippen molar-refractivity contribution in [3.63, 3.8) is 0 Å². The summed E-state index contributed by atoms with van der Waals surface area (Å²) in [7, 11) is 0. The van der Waals surface area contributed by atoms with Gasteiger partial charge in [0.2, 0.25) is 0 Å². The zero-order valence-corrected chi connectivity index (χ0v) is 6.71. The van der Waals surface area contributed by atoms with E-state index in [9.17, 15) is 4.79 Å². The average Bonchev–Trinajstić information content (AvgIpc) is 2.72. The number of hydrogen-bond donors (Lipinski definition) is 1. The van der Waals surface area contributed by atoms with Gasteiger partial charge in [-0.2, -0.15) is 0 Å². The van der Waals surface area contributed by atoms with Crippen molar-refractivity contribution < 1.29 is 9.90 Å². The lowest BCUT2D eigenvalue weighted by Crippen LogP contribution is -2.24. The summed E-state index contributed by atoms with van der Waals surface area (Å²) in [4.78, 5) is 12.6. The first kappa shape index (κ1) is 8.27. The van der Waals surface area contributed by atoms with Crippen molar-refractivity contribution >= 4 is 5.97 Å². The first-order chi connectivity index (χ1) is 5.16. The lowest BCUT2D eigenvalue weighted by atomic mass is 10.1. The van der Waals surface area contributed by atoms with Crippen LogP contribution in [0.15, 0.2) is 12.2 Å². The maximum atomic E-state index is 10.5. The van der Waals surface area contributed by atoms with Crippen LogP contribution in [0, 0.1) is 0 Å². The molecule has 0 radical (unpaired) electrons. The number of nitrogens with zero attached hydrogens (tertiary/aromatic N) is 1. The van der Waals surface area contributed by atoms with Crippen LogP contribution in [0.5, 0.6) is 0 Å². The molecule has 1 aliphatic heterocycles. The van der Waals surface area contributed by atoms with Crippen LogP contribution < -0.4 is 0 Å². The Hall–Kier alpha value is -0.830. The third kappa shape index (κ3) is 1.80. The Morgan fingerprint density at radius 3 is 2.55 bits per heavy atom. The number of aliphatic carboxylic acids is 1. The van der Waals surface area contributed by atoms with Crippen molar-refractivity contribution in [2.45, 2.75) is 19.4 Å². The molecule has 0 bridgehead atoms. The highest BCUT2D eigenvalue weighted by molar-refractivity contribution is 5.87. The quantitative estimate of drug-likeness (QED) is 0.480. The van der Waals surface area contributed by atoms with E-state index in [0.29, 0.717) is 5.57 Å². The number of rotatable bonds is 4. The molecular formula is C8H13NO2. The molecule has 1 unspecified atom stereocenters. The van der Waals surface area contributed by atoms with Gasteiger partial charge < -0.3 is 5.11 Å². The van der Waals surface area contributed by atoms with Crippen molar-refractivity contribution in [2.75, 3.05) is 13.1 Å². The van der Waals surface area contributed by atoms with E-state index in [1.165, 1.54) is 0 Å². The van der Waals surface area contributed by atoms with Gasteiger partial charge in [0.15, 0.2) is 0 Å². The van der Waals surface area contributed by atoms with E-state index < -0.39 is 5.97 Å². The lowest BCUT2D eigenvalue weighted by molar-refractivity contribution is -0.133. The van der Waals surface area contributed by atoms with E-state index in [2.05, 4.69) is 11.5 Å². The maximum Gasteiger partial charge on any atom is 0.332 e. The molecule has 0 aromatic carbocycles. The molecule has 0 amide bonds. The van der Waals surface area contributed by atoms with Gasteiger partial charge in [0.25, 0.3) is 0 Å². The zero-order chi connectivity index (χ0) is 8.43. The maximum absolute atomic E-state index is 10.5. The summed E-state index contributed by atoms with van der Waals surface area (Å²) in [6.45, 7) is 7.57. The van der Waals surface area contributed by atoms with Crippen molar-refractivity contribution in [1.29, 1.82) is 0 Å². The Balaban J connectivity index is 2.53. The van der Waals surface area contributed by atoms with E-state index in [4.69, 9.17) is 5.11 Å². The van der Waals surface area contributed by atoms with Gasteiger partial charge >= 0.3 is 5.97 Å². The molecule has 1 heterocycles. The minimum atomic E-state index is -0.872. The summed E-state index contributed by atoms with van der Waals surface area (Å²) < 4.78 is 0. The van der Waals surface area contributed by atoms with E-state index in [1.807, 2.05) is 6.92 Å². The molecule has 0 aromatic rings. The summed E-state index contributed by atoms with van der Waals surface area (Å²) in [6.07, 6.45) is 0.838. The number of hydrogen-bond acceptors (Lipinski definition) is 2. The molecule has 1 fully saturated rings. The molecular weight excluding hydrogens is 142 g/mol. The Morgan fingerprint density at radius 2 is 2.27 bits per heavy atom. The van der Waals surface area contributed by atoms with Gasteiger partial charge in [-0.25, -0.2) is 4.79 Å². The zero-order valence-electron chi connectivity index (χ0n) is 6.71. The SMILES string of the molecule is C=C(C(=O)O)C(CC)N1CC1. The molecule has 11 heavy (non-hydrogen) atoms. The molecule has 0 aliphatic carbocycles. The highest BCUT2D eigenvalue weighted by atomic mass is 16.4. The summed E-state index contributed by atoms with van der Waals surface area (Å²) in [6, 6.07) is 0.0625. The second kappa shape index (κ2) is 3.05. The molecule has 3 heteroatoms. The average molecular weight is 155 g/mol.